The fourth-order valence-electron chi connectivity index (χ4n) is 2.29. The van der Waals surface area contributed by atoms with Gasteiger partial charge in [0.2, 0.25) is 0 Å². The zero-order chi connectivity index (χ0) is 14.4. The summed E-state index contributed by atoms with van der Waals surface area (Å²) >= 11 is 0. The molecule has 102 valence electrons. The van der Waals surface area contributed by atoms with Gasteiger partial charge in [-0.2, -0.15) is 5.10 Å². The largest absolute Gasteiger partial charge is 0.478 e. The third-order valence-electron chi connectivity index (χ3n) is 3.60. The lowest BCUT2D eigenvalue weighted by atomic mass is 10.2. The number of benzene rings is 1. The fourth-order valence-corrected chi connectivity index (χ4v) is 2.29. The minimum absolute atomic E-state index is 0.241. The normalized spacial score (nSPS) is 11.2. The molecule has 2 aromatic heterocycles. The van der Waals surface area contributed by atoms with E-state index < -0.39 is 5.97 Å². The van der Waals surface area contributed by atoms with Crippen LogP contribution in [0.25, 0.3) is 22.4 Å². The van der Waals surface area contributed by atoms with Crippen molar-refractivity contribution in [2.24, 2.45) is 14.1 Å². The number of rotatable bonds is 2. The van der Waals surface area contributed by atoms with Crippen molar-refractivity contribution in [1.29, 1.82) is 0 Å². The first-order valence-corrected chi connectivity index (χ1v) is 6.18. The topological polar surface area (TPSA) is 72.9 Å². The van der Waals surface area contributed by atoms with E-state index in [1.54, 1.807) is 29.1 Å². The first kappa shape index (κ1) is 12.4. The number of carbonyl (C=O) groups is 1. The molecule has 6 heteroatoms. The number of nitrogens with zero attached hydrogens (tertiary/aromatic N) is 4. The van der Waals surface area contributed by atoms with Gasteiger partial charge in [-0.1, -0.05) is 0 Å². The summed E-state index contributed by atoms with van der Waals surface area (Å²) in [4.78, 5) is 15.6. The minimum Gasteiger partial charge on any atom is -0.478 e. The van der Waals surface area contributed by atoms with Gasteiger partial charge in [-0.25, -0.2) is 9.78 Å². The summed E-state index contributed by atoms with van der Waals surface area (Å²) in [5.41, 5.74) is 3.77. The molecule has 1 aromatic carbocycles. The lowest BCUT2D eigenvalue weighted by Crippen LogP contribution is -1.96. The highest BCUT2D eigenvalue weighted by atomic mass is 16.4. The molecule has 0 radical (unpaired) electrons. The molecule has 0 aliphatic rings. The third kappa shape index (κ3) is 1.69. The number of carboxylic acids is 1. The van der Waals surface area contributed by atoms with E-state index in [0.29, 0.717) is 5.52 Å². The first-order valence-electron chi connectivity index (χ1n) is 6.18. The van der Waals surface area contributed by atoms with Gasteiger partial charge in [-0.05, 0) is 25.1 Å². The van der Waals surface area contributed by atoms with Crippen molar-refractivity contribution in [2.75, 3.05) is 0 Å². The summed E-state index contributed by atoms with van der Waals surface area (Å²) in [6, 6.07) is 4.96. The van der Waals surface area contributed by atoms with Gasteiger partial charge in [0.15, 0.2) is 0 Å². The van der Waals surface area contributed by atoms with E-state index in [2.05, 4.69) is 10.1 Å². The number of aromatic nitrogens is 4. The molecule has 0 unspecified atom stereocenters. The van der Waals surface area contributed by atoms with E-state index in [1.807, 2.05) is 25.6 Å². The predicted octanol–water partition coefficient (Wildman–Crippen LogP) is 1.98. The lowest BCUT2D eigenvalue weighted by molar-refractivity contribution is 0.0697. The number of hydrogen-bond donors (Lipinski definition) is 1. The minimum atomic E-state index is -0.948. The van der Waals surface area contributed by atoms with Crippen molar-refractivity contribution in [3.05, 3.63) is 35.7 Å². The summed E-state index contributed by atoms with van der Waals surface area (Å²) in [5.74, 6) is -0.162. The Labute approximate surface area is 115 Å². The molecule has 3 aromatic rings. The average molecular weight is 270 g/mol. The Kier molecular flexibility index (Phi) is 2.60. The van der Waals surface area contributed by atoms with Gasteiger partial charge < -0.3 is 9.67 Å². The van der Waals surface area contributed by atoms with Crippen LogP contribution in [0.15, 0.2) is 24.4 Å². The average Bonchev–Trinajstić information content (AvgIpc) is 2.91. The Morgan fingerprint density at radius 1 is 1.30 bits per heavy atom. The molecule has 0 amide bonds. The van der Waals surface area contributed by atoms with Crippen LogP contribution >= 0.6 is 0 Å². The zero-order valence-electron chi connectivity index (χ0n) is 11.5. The molecule has 6 nitrogen and oxygen atoms in total. The van der Waals surface area contributed by atoms with Crippen LogP contribution in [0.2, 0.25) is 0 Å². The molecule has 0 fully saturated rings. The quantitative estimate of drug-likeness (QED) is 0.772. The zero-order valence-corrected chi connectivity index (χ0v) is 11.5. The van der Waals surface area contributed by atoms with Crippen LogP contribution in [0.5, 0.6) is 0 Å². The highest BCUT2D eigenvalue weighted by Gasteiger charge is 2.15. The van der Waals surface area contributed by atoms with Gasteiger partial charge in [0.1, 0.15) is 5.82 Å². The summed E-state index contributed by atoms with van der Waals surface area (Å²) in [6.45, 7) is 1.98. The first-order chi connectivity index (χ1) is 9.49. The maximum absolute atomic E-state index is 11.0. The van der Waals surface area contributed by atoms with Gasteiger partial charge in [0, 0.05) is 19.8 Å². The predicted molar refractivity (Wildman–Crippen MR) is 74.6 cm³/mol. The molecular weight excluding hydrogens is 256 g/mol. The molecule has 0 atom stereocenters. The number of aromatic carboxylic acids is 1. The Balaban J connectivity index is 2.25. The Morgan fingerprint density at radius 3 is 2.65 bits per heavy atom. The van der Waals surface area contributed by atoms with Gasteiger partial charge in [-0.3, -0.25) is 4.68 Å². The van der Waals surface area contributed by atoms with Crippen LogP contribution < -0.4 is 0 Å². The number of fused-ring (bicyclic) bond motifs is 1. The second-order valence-electron chi connectivity index (χ2n) is 4.77. The van der Waals surface area contributed by atoms with Gasteiger partial charge in [0.25, 0.3) is 0 Å². The maximum atomic E-state index is 11.0. The smallest absolute Gasteiger partial charge is 0.335 e. The monoisotopic (exact) mass is 270 g/mol. The Hall–Kier alpha value is -2.63. The maximum Gasteiger partial charge on any atom is 0.335 e. The van der Waals surface area contributed by atoms with E-state index >= 15 is 0 Å². The molecule has 0 saturated carbocycles. The highest BCUT2D eigenvalue weighted by molar-refractivity contribution is 5.93. The van der Waals surface area contributed by atoms with Crippen LogP contribution in [0.1, 0.15) is 16.1 Å². The lowest BCUT2D eigenvalue weighted by Gasteiger charge is -2.01. The van der Waals surface area contributed by atoms with E-state index in [1.165, 1.54) is 0 Å². The SMILES string of the molecule is Cc1c(-c2nc3cc(C(=O)O)ccc3n2C)cnn1C. The van der Waals surface area contributed by atoms with Crippen molar-refractivity contribution in [3.63, 3.8) is 0 Å². The van der Waals surface area contributed by atoms with Crippen LogP contribution in [0, 0.1) is 6.92 Å². The summed E-state index contributed by atoms with van der Waals surface area (Å²) < 4.78 is 3.74. The second-order valence-corrected chi connectivity index (χ2v) is 4.77. The van der Waals surface area contributed by atoms with Gasteiger partial charge >= 0.3 is 5.97 Å². The van der Waals surface area contributed by atoms with Gasteiger partial charge in [0.05, 0.1) is 28.4 Å². The number of carboxylic acid groups (broad SMARTS) is 1. The summed E-state index contributed by atoms with van der Waals surface area (Å²) in [7, 11) is 3.79. The van der Waals surface area contributed by atoms with Crippen LogP contribution in [0.4, 0.5) is 0 Å². The molecular formula is C14H14N4O2. The number of aryl methyl sites for hydroxylation is 2. The molecule has 0 aliphatic carbocycles. The molecule has 20 heavy (non-hydrogen) atoms. The van der Waals surface area contributed by atoms with Crippen molar-refractivity contribution in [1.82, 2.24) is 19.3 Å². The van der Waals surface area contributed by atoms with Crippen LogP contribution in [0.3, 0.4) is 0 Å². The second kappa shape index (κ2) is 4.19. The summed E-state index contributed by atoms with van der Waals surface area (Å²) in [6.07, 6.45) is 1.77. The molecule has 3 rings (SSSR count). The molecule has 0 bridgehead atoms. The van der Waals surface area contributed by atoms with Crippen molar-refractivity contribution < 1.29 is 9.90 Å². The molecule has 0 aliphatic heterocycles. The van der Waals surface area contributed by atoms with Crippen molar-refractivity contribution in [2.45, 2.75) is 6.92 Å². The molecule has 1 N–H and O–H groups in total. The molecule has 2 heterocycles. The van der Waals surface area contributed by atoms with E-state index in [4.69, 9.17) is 5.11 Å². The number of imidazole rings is 1. The van der Waals surface area contributed by atoms with Crippen LogP contribution in [-0.4, -0.2) is 30.4 Å². The number of hydrogen-bond acceptors (Lipinski definition) is 3. The van der Waals surface area contributed by atoms with Crippen molar-refractivity contribution in [3.8, 4) is 11.4 Å². The Bertz CT molecular complexity index is 829. The highest BCUT2D eigenvalue weighted by Crippen LogP contribution is 2.26. The van der Waals surface area contributed by atoms with Gasteiger partial charge in [-0.15, -0.1) is 0 Å². The van der Waals surface area contributed by atoms with Crippen LogP contribution in [-0.2, 0) is 14.1 Å². The summed E-state index contributed by atoms with van der Waals surface area (Å²) in [5, 5.41) is 13.3. The fraction of sp³-hybridized carbons (Fsp3) is 0.214. The Morgan fingerprint density at radius 2 is 2.05 bits per heavy atom. The van der Waals surface area contributed by atoms with E-state index in [0.717, 1.165) is 22.6 Å². The molecule has 0 saturated heterocycles. The van der Waals surface area contributed by atoms with E-state index in [-0.39, 0.29) is 5.56 Å². The standard InChI is InChI=1S/C14H14N4O2/c1-8-10(7-15-18(8)3)13-16-11-6-9(14(19)20)4-5-12(11)17(13)2/h4-7H,1-3H3,(H,19,20). The van der Waals surface area contributed by atoms with Crippen molar-refractivity contribution >= 4 is 17.0 Å². The van der Waals surface area contributed by atoms with E-state index in [9.17, 15) is 4.79 Å². The third-order valence-corrected chi connectivity index (χ3v) is 3.60. The molecule has 0 spiro atoms.